The highest BCUT2D eigenvalue weighted by molar-refractivity contribution is 6.02. The van der Waals surface area contributed by atoms with Gasteiger partial charge >= 0.3 is 5.92 Å². The maximum Gasteiger partial charge on any atom is 0.352 e. The highest BCUT2D eigenvalue weighted by atomic mass is 19.3. The molecule has 1 aromatic carbocycles. The molecule has 0 bridgehead atoms. The van der Waals surface area contributed by atoms with E-state index in [-0.39, 0.29) is 26.0 Å². The van der Waals surface area contributed by atoms with Gasteiger partial charge < -0.3 is 24.2 Å². The van der Waals surface area contributed by atoms with Crippen LogP contribution in [0.25, 0.3) is 0 Å². The lowest BCUT2D eigenvalue weighted by Gasteiger charge is -2.51. The summed E-state index contributed by atoms with van der Waals surface area (Å²) in [4.78, 5) is 19.0. The number of aliphatic imine (C=N–C) groups is 1. The fraction of sp³-hybridized carbons (Fsp3) is 0.667. The lowest BCUT2D eigenvalue weighted by Crippen LogP contribution is -2.63. The zero-order chi connectivity index (χ0) is 29.2. The Morgan fingerprint density at radius 2 is 1.74 bits per heavy atom. The molecule has 7 nitrogen and oxygen atoms in total. The average molecular weight is 551 g/mol. The van der Waals surface area contributed by atoms with Crippen LogP contribution in [-0.2, 0) is 4.79 Å². The molecule has 0 radical (unpaired) electrons. The van der Waals surface area contributed by atoms with Crippen molar-refractivity contribution in [1.29, 1.82) is 0 Å². The lowest BCUT2D eigenvalue weighted by atomic mass is 9.58. The molecule has 1 aliphatic heterocycles. The Hall–Kier alpha value is -2.68. The summed E-state index contributed by atoms with van der Waals surface area (Å²) in [6.07, 6.45) is 3.31. The van der Waals surface area contributed by atoms with Crippen LogP contribution in [0.3, 0.4) is 0 Å². The van der Waals surface area contributed by atoms with Crippen molar-refractivity contribution in [1.82, 2.24) is 4.90 Å². The number of nitrogens with zero attached hydrogens (tertiary/aromatic N) is 2. The number of aliphatic hydroxyl groups is 1. The molecule has 1 N–H and O–H groups in total. The first kappa shape index (κ1) is 30.9. The number of rotatable bonds is 9. The summed E-state index contributed by atoms with van der Waals surface area (Å²) in [6.45, 7) is 9.77. The first-order valence-electron chi connectivity index (χ1n) is 13.5. The molecule has 3 rings (SSSR count). The van der Waals surface area contributed by atoms with Crippen LogP contribution in [0.4, 0.5) is 8.78 Å². The van der Waals surface area contributed by atoms with E-state index in [1.54, 1.807) is 45.5 Å². The van der Waals surface area contributed by atoms with E-state index in [1.165, 1.54) is 4.90 Å². The quantitative estimate of drug-likeness (QED) is 0.400. The smallest absolute Gasteiger partial charge is 0.352 e. The average Bonchev–Trinajstić information content (AvgIpc) is 3.32. The minimum Gasteiger partial charge on any atom is -0.493 e. The van der Waals surface area contributed by atoms with Crippen molar-refractivity contribution in [3.8, 4) is 17.2 Å². The van der Waals surface area contributed by atoms with Crippen molar-refractivity contribution in [3.05, 3.63) is 29.8 Å². The number of ether oxygens (including phenoxy) is 3. The maximum absolute atomic E-state index is 15.9. The predicted octanol–water partition coefficient (Wildman–Crippen LogP) is 5.69. The predicted molar refractivity (Wildman–Crippen MR) is 148 cm³/mol. The second-order valence-corrected chi connectivity index (χ2v) is 12.6. The van der Waals surface area contributed by atoms with Crippen LogP contribution >= 0.6 is 0 Å². The van der Waals surface area contributed by atoms with Crippen molar-refractivity contribution in [2.75, 3.05) is 34.4 Å². The molecule has 1 atom stereocenters. The van der Waals surface area contributed by atoms with Crippen LogP contribution in [0.1, 0.15) is 66.7 Å². The van der Waals surface area contributed by atoms with E-state index in [9.17, 15) is 9.90 Å². The number of benzene rings is 1. The summed E-state index contributed by atoms with van der Waals surface area (Å²) in [5.41, 5.74) is -2.11. The van der Waals surface area contributed by atoms with Crippen molar-refractivity contribution < 1.29 is 32.9 Å². The number of carbonyl (C=O) groups is 1. The molecule has 1 saturated carbocycles. The standard InChI is InChI=1S/C30H44F2N2O5/c1-20(16-39-21-11-12-24(37-7)25(15-21)38-8)14-22(33-6)23-10-9-13-34(23)26(35)30(31,32)29(36)18-27(2,3)17-28(4,5)19-29/h11-12,14-15,23,36H,9-10,13,16-19H2,1-8H3/b20-14+,33-22?/t23-/m0/s1. The Morgan fingerprint density at radius 3 is 2.31 bits per heavy atom. The van der Waals surface area contributed by atoms with E-state index in [4.69, 9.17) is 14.2 Å². The Labute approximate surface area is 231 Å². The molecule has 0 spiro atoms. The van der Waals surface area contributed by atoms with Gasteiger partial charge in [-0.05, 0) is 73.6 Å². The third kappa shape index (κ3) is 6.73. The minimum absolute atomic E-state index is 0.137. The molecule has 1 aliphatic carbocycles. The van der Waals surface area contributed by atoms with Crippen LogP contribution in [0, 0.1) is 10.8 Å². The van der Waals surface area contributed by atoms with Gasteiger partial charge in [-0.1, -0.05) is 27.7 Å². The fourth-order valence-electron chi connectivity index (χ4n) is 6.69. The monoisotopic (exact) mass is 550 g/mol. The SMILES string of the molecule is CN=C(/C=C(\C)COc1ccc(OC)c(OC)c1)[C@@H]1CCCN1C(=O)C(F)(F)C1(O)CC(C)(C)CC(C)(C)C1. The molecule has 2 fully saturated rings. The summed E-state index contributed by atoms with van der Waals surface area (Å²) in [5.74, 6) is -3.53. The van der Waals surface area contributed by atoms with Gasteiger partial charge in [-0.25, -0.2) is 0 Å². The summed E-state index contributed by atoms with van der Waals surface area (Å²) in [6, 6.07) is 4.63. The van der Waals surface area contributed by atoms with E-state index in [2.05, 4.69) is 4.99 Å². The molecular weight excluding hydrogens is 506 g/mol. The van der Waals surface area contributed by atoms with Gasteiger partial charge in [-0.3, -0.25) is 9.79 Å². The van der Waals surface area contributed by atoms with Crippen LogP contribution in [0.2, 0.25) is 0 Å². The number of hydrogen-bond acceptors (Lipinski definition) is 6. The maximum atomic E-state index is 15.9. The van der Waals surface area contributed by atoms with E-state index < -0.39 is 34.3 Å². The summed E-state index contributed by atoms with van der Waals surface area (Å²) in [5, 5.41) is 11.3. The highest BCUT2D eigenvalue weighted by Gasteiger charge is 2.65. The van der Waals surface area contributed by atoms with Gasteiger partial charge in [0.05, 0.1) is 26.0 Å². The topological polar surface area (TPSA) is 80.6 Å². The van der Waals surface area contributed by atoms with Crippen molar-refractivity contribution in [2.45, 2.75) is 84.3 Å². The largest absolute Gasteiger partial charge is 0.493 e. The Kier molecular flexibility index (Phi) is 9.05. The van der Waals surface area contributed by atoms with Crippen LogP contribution in [-0.4, -0.2) is 73.6 Å². The summed E-state index contributed by atoms with van der Waals surface area (Å²) < 4.78 is 48.3. The molecule has 0 unspecified atom stereocenters. The second-order valence-electron chi connectivity index (χ2n) is 12.6. The van der Waals surface area contributed by atoms with Crippen molar-refractivity contribution in [2.24, 2.45) is 15.8 Å². The number of alkyl halides is 2. The second kappa shape index (κ2) is 11.4. The summed E-state index contributed by atoms with van der Waals surface area (Å²) >= 11 is 0. The van der Waals surface area contributed by atoms with Gasteiger partial charge in [0.2, 0.25) is 0 Å². The van der Waals surface area contributed by atoms with E-state index in [1.807, 2.05) is 34.6 Å². The number of methoxy groups -OCH3 is 2. The minimum atomic E-state index is -3.92. The fourth-order valence-corrected chi connectivity index (χ4v) is 6.69. The first-order valence-corrected chi connectivity index (χ1v) is 13.5. The Balaban J connectivity index is 1.77. The zero-order valence-electron chi connectivity index (χ0n) is 24.6. The van der Waals surface area contributed by atoms with Gasteiger partial charge in [0.1, 0.15) is 18.0 Å². The third-order valence-corrected chi connectivity index (χ3v) is 7.68. The molecule has 1 amide bonds. The zero-order valence-corrected chi connectivity index (χ0v) is 24.6. The van der Waals surface area contributed by atoms with Crippen LogP contribution in [0.5, 0.6) is 17.2 Å². The van der Waals surface area contributed by atoms with Crippen molar-refractivity contribution >= 4 is 11.6 Å². The van der Waals surface area contributed by atoms with Gasteiger partial charge in [-0.2, -0.15) is 8.78 Å². The molecule has 2 aliphatic rings. The molecular formula is C30H44F2N2O5. The molecule has 1 aromatic rings. The van der Waals surface area contributed by atoms with Crippen molar-refractivity contribution in [3.63, 3.8) is 0 Å². The van der Waals surface area contributed by atoms with E-state index in [0.717, 1.165) is 5.57 Å². The van der Waals surface area contributed by atoms with Gasteiger partial charge in [0, 0.05) is 19.7 Å². The number of hydrogen-bond donors (Lipinski definition) is 1. The van der Waals surface area contributed by atoms with Crippen LogP contribution < -0.4 is 14.2 Å². The molecule has 0 aromatic heterocycles. The van der Waals surface area contributed by atoms with E-state index >= 15 is 8.78 Å². The number of halogens is 2. The summed E-state index contributed by atoms with van der Waals surface area (Å²) in [7, 11) is 4.69. The Morgan fingerprint density at radius 1 is 1.13 bits per heavy atom. The number of likely N-dealkylation sites (tertiary alicyclic amines) is 1. The van der Waals surface area contributed by atoms with Crippen LogP contribution in [0.15, 0.2) is 34.8 Å². The number of carbonyl (C=O) groups excluding carboxylic acids is 1. The molecule has 218 valence electrons. The highest BCUT2D eigenvalue weighted by Crippen LogP contribution is 2.55. The van der Waals surface area contributed by atoms with Gasteiger partial charge in [0.25, 0.3) is 5.91 Å². The molecule has 1 saturated heterocycles. The van der Waals surface area contributed by atoms with Gasteiger partial charge in [-0.15, -0.1) is 0 Å². The third-order valence-electron chi connectivity index (χ3n) is 7.68. The number of amides is 1. The molecule has 1 heterocycles. The molecule has 9 heteroatoms. The molecule has 39 heavy (non-hydrogen) atoms. The first-order chi connectivity index (χ1) is 18.1. The lowest BCUT2D eigenvalue weighted by molar-refractivity contribution is -0.230. The Bertz CT molecular complexity index is 1100. The normalized spacial score (nSPS) is 22.9. The van der Waals surface area contributed by atoms with E-state index in [0.29, 0.717) is 42.2 Å². The van der Waals surface area contributed by atoms with Gasteiger partial charge in [0.15, 0.2) is 11.5 Å².